The summed E-state index contributed by atoms with van der Waals surface area (Å²) in [5.74, 6) is 2.77. The third kappa shape index (κ3) is 3.27. The molecule has 1 N–H and O–H groups in total. The van der Waals surface area contributed by atoms with E-state index < -0.39 is 0 Å². The Balaban J connectivity index is 1.41. The van der Waals surface area contributed by atoms with Crippen LogP contribution in [0.3, 0.4) is 0 Å². The molecule has 0 radical (unpaired) electrons. The van der Waals surface area contributed by atoms with Gasteiger partial charge >= 0.3 is 0 Å². The number of nitrogens with one attached hydrogen (secondary N) is 1. The summed E-state index contributed by atoms with van der Waals surface area (Å²) in [6, 6.07) is 15.8. The Kier molecular flexibility index (Phi) is 4.54. The Morgan fingerprint density at radius 3 is 2.75 bits per heavy atom. The zero-order chi connectivity index (χ0) is 18.9. The van der Waals surface area contributed by atoms with Gasteiger partial charge in [0.15, 0.2) is 11.5 Å². The van der Waals surface area contributed by atoms with E-state index in [-0.39, 0.29) is 5.56 Å². The molecule has 5 rings (SSSR count). The largest absolute Gasteiger partial charge is 0.486 e. The van der Waals surface area contributed by atoms with Gasteiger partial charge in [-0.1, -0.05) is 30.3 Å². The van der Waals surface area contributed by atoms with E-state index in [0.717, 1.165) is 32.4 Å². The van der Waals surface area contributed by atoms with Crippen molar-refractivity contribution in [3.63, 3.8) is 0 Å². The van der Waals surface area contributed by atoms with Gasteiger partial charge in [0.1, 0.15) is 23.9 Å². The van der Waals surface area contributed by atoms with Crippen molar-refractivity contribution >= 4 is 33.3 Å². The molecule has 4 aromatic rings. The van der Waals surface area contributed by atoms with E-state index in [1.54, 1.807) is 11.8 Å². The summed E-state index contributed by atoms with van der Waals surface area (Å²) in [7, 11) is 0. The molecule has 1 aliphatic heterocycles. The number of H-pyrrole nitrogens is 1. The molecule has 2 aromatic carbocycles. The quantitative estimate of drug-likeness (QED) is 0.495. The van der Waals surface area contributed by atoms with Gasteiger partial charge in [0.25, 0.3) is 5.56 Å². The van der Waals surface area contributed by atoms with Crippen LogP contribution >= 0.6 is 23.1 Å². The third-order valence-corrected chi connectivity index (χ3v) is 6.34. The predicted molar refractivity (Wildman–Crippen MR) is 113 cm³/mol. The fourth-order valence-corrected chi connectivity index (χ4v) is 4.92. The lowest BCUT2D eigenvalue weighted by Gasteiger charge is -2.18. The summed E-state index contributed by atoms with van der Waals surface area (Å²) in [5, 5.41) is 2.66. The van der Waals surface area contributed by atoms with Crippen molar-refractivity contribution in [2.24, 2.45) is 0 Å². The molecule has 0 amide bonds. The molecule has 7 heteroatoms. The van der Waals surface area contributed by atoms with Gasteiger partial charge in [0, 0.05) is 15.8 Å². The highest BCUT2D eigenvalue weighted by molar-refractivity contribution is 7.98. The van der Waals surface area contributed by atoms with Crippen LogP contribution in [-0.2, 0) is 5.75 Å². The second-order valence-corrected chi connectivity index (χ2v) is 8.21. The SMILES string of the molecule is O=c1[nH]c(CSc2ccc3c(c2)OCCO3)nc2scc(-c3ccccc3)c12. The number of rotatable bonds is 4. The van der Waals surface area contributed by atoms with E-state index >= 15 is 0 Å². The van der Waals surface area contributed by atoms with Crippen LogP contribution in [0.4, 0.5) is 0 Å². The first-order valence-electron chi connectivity index (χ1n) is 8.86. The maximum atomic E-state index is 12.7. The summed E-state index contributed by atoms with van der Waals surface area (Å²) in [5.41, 5.74) is 1.86. The Hall–Kier alpha value is -2.77. The van der Waals surface area contributed by atoms with Crippen molar-refractivity contribution < 1.29 is 9.47 Å². The normalized spacial score (nSPS) is 13.0. The van der Waals surface area contributed by atoms with Crippen LogP contribution in [-0.4, -0.2) is 23.2 Å². The van der Waals surface area contributed by atoms with Crippen LogP contribution in [0.1, 0.15) is 5.82 Å². The maximum absolute atomic E-state index is 12.7. The zero-order valence-electron chi connectivity index (χ0n) is 14.8. The summed E-state index contributed by atoms with van der Waals surface area (Å²) in [6.45, 7) is 1.14. The van der Waals surface area contributed by atoms with E-state index in [0.29, 0.717) is 30.2 Å². The van der Waals surface area contributed by atoms with Crippen molar-refractivity contribution in [2.45, 2.75) is 10.6 Å². The lowest BCUT2D eigenvalue weighted by atomic mass is 10.1. The van der Waals surface area contributed by atoms with Crippen molar-refractivity contribution in [1.82, 2.24) is 9.97 Å². The van der Waals surface area contributed by atoms with Crippen molar-refractivity contribution in [2.75, 3.05) is 13.2 Å². The molecular formula is C21H16N2O3S2. The highest BCUT2D eigenvalue weighted by Crippen LogP contribution is 2.35. The molecular weight excluding hydrogens is 392 g/mol. The monoisotopic (exact) mass is 408 g/mol. The Labute approximate surface area is 169 Å². The van der Waals surface area contributed by atoms with Crippen molar-refractivity contribution in [1.29, 1.82) is 0 Å². The van der Waals surface area contributed by atoms with Crippen molar-refractivity contribution in [3.8, 4) is 22.6 Å². The highest BCUT2D eigenvalue weighted by Gasteiger charge is 2.14. The third-order valence-electron chi connectivity index (χ3n) is 4.47. The van der Waals surface area contributed by atoms with E-state index in [1.807, 2.05) is 53.9 Å². The van der Waals surface area contributed by atoms with Gasteiger partial charge in [-0.3, -0.25) is 4.79 Å². The average molecular weight is 409 g/mol. The van der Waals surface area contributed by atoms with Crippen LogP contribution < -0.4 is 15.0 Å². The van der Waals surface area contributed by atoms with Gasteiger partial charge in [0.2, 0.25) is 0 Å². The first-order valence-corrected chi connectivity index (χ1v) is 10.7. The number of thiophene rings is 1. The van der Waals surface area contributed by atoms with Crippen LogP contribution in [0.25, 0.3) is 21.3 Å². The fourth-order valence-electron chi connectivity index (χ4n) is 3.16. The predicted octanol–water partition coefficient (Wildman–Crippen LogP) is 4.72. The van der Waals surface area contributed by atoms with Crippen LogP contribution in [0.5, 0.6) is 11.5 Å². The first kappa shape index (κ1) is 17.3. The molecule has 3 heterocycles. The van der Waals surface area contributed by atoms with Gasteiger partial charge in [0.05, 0.1) is 11.1 Å². The fraction of sp³-hybridized carbons (Fsp3) is 0.143. The number of ether oxygens (including phenoxy) is 2. The molecule has 0 atom stereocenters. The second kappa shape index (κ2) is 7.33. The number of hydrogen-bond donors (Lipinski definition) is 1. The Morgan fingerprint density at radius 1 is 1.07 bits per heavy atom. The lowest BCUT2D eigenvalue weighted by Crippen LogP contribution is -2.15. The minimum Gasteiger partial charge on any atom is -0.486 e. The number of aromatic nitrogens is 2. The van der Waals surface area contributed by atoms with E-state index in [4.69, 9.17) is 9.47 Å². The highest BCUT2D eigenvalue weighted by atomic mass is 32.2. The summed E-state index contributed by atoms with van der Waals surface area (Å²) < 4.78 is 11.2. The van der Waals surface area contributed by atoms with Crippen molar-refractivity contribution in [3.05, 3.63) is 70.1 Å². The zero-order valence-corrected chi connectivity index (χ0v) is 16.4. The van der Waals surface area contributed by atoms with E-state index in [9.17, 15) is 4.79 Å². The number of nitrogens with zero attached hydrogens (tertiary/aromatic N) is 1. The molecule has 140 valence electrons. The topological polar surface area (TPSA) is 64.2 Å². The number of thioether (sulfide) groups is 1. The number of fused-ring (bicyclic) bond motifs is 2. The molecule has 0 fully saturated rings. The average Bonchev–Trinajstić information content (AvgIpc) is 3.17. The summed E-state index contributed by atoms with van der Waals surface area (Å²) >= 11 is 3.10. The van der Waals surface area contributed by atoms with E-state index in [1.165, 1.54) is 11.3 Å². The van der Waals surface area contributed by atoms with E-state index in [2.05, 4.69) is 9.97 Å². The standard InChI is InChI=1S/C21H16N2O3S2/c24-20-19-15(13-4-2-1-3-5-13)11-28-21(19)23-18(22-20)12-27-14-6-7-16-17(10-14)26-9-8-25-16/h1-7,10-11H,8-9,12H2,(H,22,23,24). The molecule has 0 bridgehead atoms. The molecule has 5 nitrogen and oxygen atoms in total. The van der Waals surface area contributed by atoms with Gasteiger partial charge in [-0.05, 0) is 23.8 Å². The molecule has 0 aliphatic carbocycles. The maximum Gasteiger partial charge on any atom is 0.260 e. The van der Waals surface area contributed by atoms with Crippen LogP contribution in [0, 0.1) is 0 Å². The molecule has 0 saturated carbocycles. The molecule has 28 heavy (non-hydrogen) atoms. The number of benzene rings is 2. The molecule has 0 spiro atoms. The van der Waals surface area contributed by atoms with Gasteiger partial charge in [-0.25, -0.2) is 4.98 Å². The van der Waals surface area contributed by atoms with Crippen LogP contribution in [0.15, 0.2) is 63.6 Å². The molecule has 0 saturated heterocycles. The summed E-state index contributed by atoms with van der Waals surface area (Å²) in [6.07, 6.45) is 0. The first-order chi connectivity index (χ1) is 13.8. The lowest BCUT2D eigenvalue weighted by molar-refractivity contribution is 0.171. The minimum absolute atomic E-state index is 0.0946. The summed E-state index contributed by atoms with van der Waals surface area (Å²) in [4.78, 5) is 22.1. The van der Waals surface area contributed by atoms with Gasteiger partial charge in [-0.15, -0.1) is 23.1 Å². The number of aromatic amines is 1. The van der Waals surface area contributed by atoms with Crippen LogP contribution in [0.2, 0.25) is 0 Å². The smallest absolute Gasteiger partial charge is 0.260 e. The Bertz CT molecular complexity index is 1200. The molecule has 0 unspecified atom stereocenters. The number of hydrogen-bond acceptors (Lipinski definition) is 6. The Morgan fingerprint density at radius 2 is 1.89 bits per heavy atom. The minimum atomic E-state index is -0.0946. The van der Waals surface area contributed by atoms with Gasteiger partial charge in [-0.2, -0.15) is 0 Å². The molecule has 2 aromatic heterocycles. The second-order valence-electron chi connectivity index (χ2n) is 6.30. The van der Waals surface area contributed by atoms with Gasteiger partial charge < -0.3 is 14.5 Å². The molecule has 1 aliphatic rings.